The molecule has 0 atom stereocenters. The smallest absolute Gasteiger partial charge is 0.222 e. The summed E-state index contributed by atoms with van der Waals surface area (Å²) in [4.78, 5) is 15.1. The quantitative estimate of drug-likeness (QED) is 0.714. The van der Waals surface area contributed by atoms with Crippen molar-refractivity contribution in [3.05, 3.63) is 60.2 Å². The number of anilines is 2. The Bertz CT molecular complexity index is 740. The number of rotatable bonds is 4. The third kappa shape index (κ3) is 5.28. The van der Waals surface area contributed by atoms with Crippen molar-refractivity contribution in [3.63, 3.8) is 0 Å². The van der Waals surface area contributed by atoms with Gasteiger partial charge in [-0.25, -0.2) is 0 Å². The van der Waals surface area contributed by atoms with Gasteiger partial charge in [-0.2, -0.15) is 0 Å². The molecule has 0 radical (unpaired) electrons. The van der Waals surface area contributed by atoms with Crippen LogP contribution in [0.15, 0.2) is 54.6 Å². The van der Waals surface area contributed by atoms with E-state index in [9.17, 15) is 4.79 Å². The van der Waals surface area contributed by atoms with Gasteiger partial charge >= 0.3 is 0 Å². The molecule has 1 aliphatic rings. The zero-order chi connectivity index (χ0) is 18.4. The lowest BCUT2D eigenvalue weighted by Gasteiger charge is -2.33. The van der Waals surface area contributed by atoms with Gasteiger partial charge in [-0.15, -0.1) is 0 Å². The fraction of sp³-hybridized carbons (Fsp3) is 0.300. The van der Waals surface area contributed by atoms with E-state index in [-0.39, 0.29) is 5.91 Å². The molecular weight excluding hydrogens is 344 g/mol. The highest BCUT2D eigenvalue weighted by molar-refractivity contribution is 7.80. The summed E-state index contributed by atoms with van der Waals surface area (Å²) in [6.07, 6.45) is 0. The van der Waals surface area contributed by atoms with Crippen molar-refractivity contribution >= 4 is 34.6 Å². The standard InChI is InChI=1S/C20H24N4OS/c1-16(25)21-20(26)22-18-7-9-19(10-8-18)24-13-11-23(12-14-24)15-17-5-3-2-4-6-17/h2-10H,11-15H2,1H3,(H2,21,22,25,26)/p+1. The van der Waals surface area contributed by atoms with Gasteiger partial charge in [-0.05, 0) is 36.5 Å². The number of piperazine rings is 1. The van der Waals surface area contributed by atoms with Gasteiger partial charge in [0.25, 0.3) is 0 Å². The first-order valence-corrected chi connectivity index (χ1v) is 9.32. The van der Waals surface area contributed by atoms with Crippen LogP contribution in [0.1, 0.15) is 12.5 Å². The van der Waals surface area contributed by atoms with Crippen molar-refractivity contribution in [2.45, 2.75) is 13.5 Å². The number of carbonyl (C=O) groups excluding carboxylic acids is 1. The summed E-state index contributed by atoms with van der Waals surface area (Å²) < 4.78 is 0. The molecule has 1 aliphatic heterocycles. The molecule has 0 aliphatic carbocycles. The number of amides is 1. The summed E-state index contributed by atoms with van der Waals surface area (Å²) in [5, 5.41) is 5.90. The van der Waals surface area contributed by atoms with E-state index in [0.717, 1.165) is 38.4 Å². The molecular formula is C20H25N4OS+. The average molecular weight is 370 g/mol. The van der Waals surface area contributed by atoms with Crippen LogP contribution in [-0.2, 0) is 11.3 Å². The van der Waals surface area contributed by atoms with Crippen LogP contribution >= 0.6 is 12.2 Å². The van der Waals surface area contributed by atoms with E-state index in [1.807, 2.05) is 12.1 Å². The number of quaternary nitrogens is 1. The Balaban J connectivity index is 1.50. The Hall–Kier alpha value is -2.44. The van der Waals surface area contributed by atoms with Crippen LogP contribution in [0.2, 0.25) is 0 Å². The van der Waals surface area contributed by atoms with E-state index in [4.69, 9.17) is 12.2 Å². The summed E-state index contributed by atoms with van der Waals surface area (Å²) >= 11 is 5.08. The van der Waals surface area contributed by atoms with E-state index >= 15 is 0 Å². The minimum Gasteiger partial charge on any atom is -0.360 e. The SMILES string of the molecule is CC(=O)NC(=S)Nc1ccc(N2CC[NH+](Cc3ccccc3)CC2)cc1. The first-order chi connectivity index (χ1) is 12.6. The van der Waals surface area contributed by atoms with Crippen LogP contribution in [-0.4, -0.2) is 37.2 Å². The predicted molar refractivity (Wildman–Crippen MR) is 110 cm³/mol. The third-order valence-corrected chi connectivity index (χ3v) is 4.75. The minimum atomic E-state index is -0.171. The van der Waals surface area contributed by atoms with Crippen LogP contribution in [0.5, 0.6) is 0 Å². The topological polar surface area (TPSA) is 48.8 Å². The molecule has 2 aromatic rings. The molecule has 1 heterocycles. The summed E-state index contributed by atoms with van der Waals surface area (Å²) in [6.45, 7) is 6.93. The van der Waals surface area contributed by atoms with Crippen molar-refractivity contribution < 1.29 is 9.69 Å². The van der Waals surface area contributed by atoms with Gasteiger partial charge in [0.15, 0.2) is 5.11 Å². The normalized spacial score (nSPS) is 14.7. The molecule has 0 unspecified atom stereocenters. The first-order valence-electron chi connectivity index (χ1n) is 8.91. The number of nitrogens with one attached hydrogen (secondary N) is 3. The predicted octanol–water partition coefficient (Wildman–Crippen LogP) is 1.42. The van der Waals surface area contributed by atoms with E-state index in [1.165, 1.54) is 18.2 Å². The van der Waals surface area contributed by atoms with E-state index in [1.54, 1.807) is 4.90 Å². The Morgan fingerprint density at radius 1 is 1.08 bits per heavy atom. The Morgan fingerprint density at radius 3 is 2.35 bits per heavy atom. The number of carbonyl (C=O) groups is 1. The van der Waals surface area contributed by atoms with Crippen molar-refractivity contribution in [1.82, 2.24) is 5.32 Å². The minimum absolute atomic E-state index is 0.171. The molecule has 1 amide bonds. The van der Waals surface area contributed by atoms with Gasteiger partial charge < -0.3 is 20.4 Å². The van der Waals surface area contributed by atoms with Crippen LogP contribution in [0.25, 0.3) is 0 Å². The summed E-state index contributed by atoms with van der Waals surface area (Å²) in [5.74, 6) is -0.171. The van der Waals surface area contributed by atoms with E-state index in [0.29, 0.717) is 5.11 Å². The molecule has 6 heteroatoms. The van der Waals surface area contributed by atoms with Gasteiger partial charge in [0.05, 0.1) is 26.2 Å². The number of nitrogens with zero attached hydrogens (tertiary/aromatic N) is 1. The second-order valence-corrected chi connectivity index (χ2v) is 6.99. The number of hydrogen-bond donors (Lipinski definition) is 3. The summed E-state index contributed by atoms with van der Waals surface area (Å²) in [6, 6.07) is 18.9. The van der Waals surface area contributed by atoms with Crippen LogP contribution in [0, 0.1) is 0 Å². The molecule has 5 nitrogen and oxygen atoms in total. The van der Waals surface area contributed by atoms with Gasteiger partial charge in [0.2, 0.25) is 5.91 Å². The van der Waals surface area contributed by atoms with Gasteiger partial charge in [0, 0.05) is 23.9 Å². The highest BCUT2D eigenvalue weighted by Gasteiger charge is 2.20. The zero-order valence-corrected chi connectivity index (χ0v) is 15.8. The molecule has 0 aromatic heterocycles. The maximum atomic E-state index is 11.0. The van der Waals surface area contributed by atoms with Crippen molar-refractivity contribution in [2.75, 3.05) is 36.4 Å². The Morgan fingerprint density at radius 2 is 1.73 bits per heavy atom. The lowest BCUT2D eigenvalue weighted by molar-refractivity contribution is -0.914. The molecule has 0 saturated carbocycles. The molecule has 0 spiro atoms. The number of hydrogen-bond acceptors (Lipinski definition) is 3. The monoisotopic (exact) mass is 369 g/mol. The highest BCUT2D eigenvalue weighted by atomic mass is 32.1. The van der Waals surface area contributed by atoms with Crippen LogP contribution in [0.3, 0.4) is 0 Å². The number of benzene rings is 2. The van der Waals surface area contributed by atoms with E-state index in [2.05, 4.69) is 58.0 Å². The van der Waals surface area contributed by atoms with Gasteiger partial charge in [-0.3, -0.25) is 4.79 Å². The lowest BCUT2D eigenvalue weighted by Crippen LogP contribution is -3.13. The molecule has 1 saturated heterocycles. The second-order valence-electron chi connectivity index (χ2n) is 6.58. The third-order valence-electron chi connectivity index (χ3n) is 4.55. The maximum Gasteiger partial charge on any atom is 0.222 e. The molecule has 3 N–H and O–H groups in total. The van der Waals surface area contributed by atoms with Crippen molar-refractivity contribution in [2.24, 2.45) is 0 Å². The maximum absolute atomic E-state index is 11.0. The first kappa shape index (κ1) is 18.4. The molecule has 2 aromatic carbocycles. The van der Waals surface area contributed by atoms with Crippen molar-refractivity contribution in [1.29, 1.82) is 0 Å². The average Bonchev–Trinajstić information content (AvgIpc) is 2.63. The van der Waals surface area contributed by atoms with Crippen LogP contribution in [0.4, 0.5) is 11.4 Å². The fourth-order valence-electron chi connectivity index (χ4n) is 3.22. The fourth-order valence-corrected chi connectivity index (χ4v) is 3.48. The molecule has 0 bridgehead atoms. The largest absolute Gasteiger partial charge is 0.360 e. The van der Waals surface area contributed by atoms with Crippen molar-refractivity contribution in [3.8, 4) is 0 Å². The molecule has 3 rings (SSSR count). The van der Waals surface area contributed by atoms with Gasteiger partial charge in [0.1, 0.15) is 6.54 Å². The van der Waals surface area contributed by atoms with E-state index < -0.39 is 0 Å². The number of thiocarbonyl (C=S) groups is 1. The Kier molecular flexibility index (Phi) is 6.20. The molecule has 26 heavy (non-hydrogen) atoms. The zero-order valence-electron chi connectivity index (χ0n) is 15.0. The summed E-state index contributed by atoms with van der Waals surface area (Å²) in [5.41, 5.74) is 3.50. The molecule has 1 fully saturated rings. The van der Waals surface area contributed by atoms with Gasteiger partial charge in [-0.1, -0.05) is 30.3 Å². The molecule has 136 valence electrons. The van der Waals surface area contributed by atoms with Crippen LogP contribution < -0.4 is 20.4 Å². The second kappa shape index (κ2) is 8.78. The Labute approximate surface area is 160 Å². The lowest BCUT2D eigenvalue weighted by atomic mass is 10.2. The summed E-state index contributed by atoms with van der Waals surface area (Å²) in [7, 11) is 0. The highest BCUT2D eigenvalue weighted by Crippen LogP contribution is 2.18.